The average molecular weight is 349 g/mol. The largest absolute Gasteiger partial charge is 0.497 e. The Kier molecular flexibility index (Phi) is 5.77. The minimum Gasteiger partial charge on any atom is -0.497 e. The predicted molar refractivity (Wildman–Crippen MR) is 98.4 cm³/mol. The third kappa shape index (κ3) is 4.80. The van der Waals surface area contributed by atoms with E-state index in [2.05, 4.69) is 15.5 Å². The van der Waals surface area contributed by atoms with Gasteiger partial charge in [-0.3, -0.25) is 9.79 Å². The van der Waals surface area contributed by atoms with E-state index in [1.54, 1.807) is 43.7 Å². The van der Waals surface area contributed by atoms with Gasteiger partial charge in [-0.25, -0.2) is 0 Å². The molecule has 6 heteroatoms. The summed E-state index contributed by atoms with van der Waals surface area (Å²) in [5.74, 6) is 1.08. The molecule has 0 fully saturated rings. The zero-order valence-electron chi connectivity index (χ0n) is 14.4. The quantitative estimate of drug-likeness (QED) is 0.664. The van der Waals surface area contributed by atoms with Crippen LogP contribution in [-0.4, -0.2) is 24.4 Å². The van der Waals surface area contributed by atoms with Crippen molar-refractivity contribution in [2.75, 3.05) is 7.11 Å². The van der Waals surface area contributed by atoms with Crippen molar-refractivity contribution in [1.29, 1.82) is 0 Å². The van der Waals surface area contributed by atoms with Crippen molar-refractivity contribution in [1.82, 2.24) is 10.5 Å². The minimum atomic E-state index is -0.191. The van der Waals surface area contributed by atoms with Crippen LogP contribution in [0, 0.1) is 0 Å². The standard InChI is InChI=1S/C20H19N3O3/c1-25-18-9-7-16(8-10-18)20(24)22-14-19-11-17(23-26-19)13-21-12-15-5-3-2-4-6-15/h2-11,13H,12,14H2,1H3,(H,22,24)/b21-13+. The molecule has 132 valence electrons. The summed E-state index contributed by atoms with van der Waals surface area (Å²) < 4.78 is 10.3. The average Bonchev–Trinajstić information content (AvgIpc) is 3.15. The van der Waals surface area contributed by atoms with E-state index in [1.807, 2.05) is 30.3 Å². The lowest BCUT2D eigenvalue weighted by Crippen LogP contribution is -2.22. The Bertz CT molecular complexity index is 871. The molecule has 0 bridgehead atoms. The van der Waals surface area contributed by atoms with E-state index >= 15 is 0 Å². The highest BCUT2D eigenvalue weighted by Crippen LogP contribution is 2.11. The maximum absolute atomic E-state index is 12.1. The fraction of sp³-hybridized carbons (Fsp3) is 0.150. The number of methoxy groups -OCH3 is 1. The number of rotatable bonds is 7. The first-order chi connectivity index (χ1) is 12.7. The Morgan fingerprint density at radius 3 is 2.69 bits per heavy atom. The summed E-state index contributed by atoms with van der Waals surface area (Å²) in [6, 6.07) is 18.6. The summed E-state index contributed by atoms with van der Waals surface area (Å²) in [5.41, 5.74) is 2.30. The number of carbonyl (C=O) groups excluding carboxylic acids is 1. The summed E-state index contributed by atoms with van der Waals surface area (Å²) in [6.07, 6.45) is 1.66. The second-order valence-electron chi connectivity index (χ2n) is 5.58. The molecule has 0 unspecified atom stereocenters. The number of aromatic nitrogens is 1. The van der Waals surface area contributed by atoms with Gasteiger partial charge in [0.05, 0.1) is 26.4 Å². The second kappa shape index (κ2) is 8.62. The molecule has 2 aromatic carbocycles. The summed E-state index contributed by atoms with van der Waals surface area (Å²) in [4.78, 5) is 16.5. The third-order valence-corrected chi connectivity index (χ3v) is 3.69. The van der Waals surface area contributed by atoms with Crippen molar-refractivity contribution in [3.05, 3.63) is 83.2 Å². The first kappa shape index (κ1) is 17.4. The van der Waals surface area contributed by atoms with Gasteiger partial charge < -0.3 is 14.6 Å². The maximum atomic E-state index is 12.1. The van der Waals surface area contributed by atoms with Crippen molar-refractivity contribution in [3.8, 4) is 5.75 Å². The van der Waals surface area contributed by atoms with Crippen LogP contribution < -0.4 is 10.1 Å². The smallest absolute Gasteiger partial charge is 0.251 e. The van der Waals surface area contributed by atoms with Crippen molar-refractivity contribution in [3.63, 3.8) is 0 Å². The Balaban J connectivity index is 1.50. The van der Waals surface area contributed by atoms with Crippen LogP contribution >= 0.6 is 0 Å². The number of ether oxygens (including phenoxy) is 1. The topological polar surface area (TPSA) is 76.7 Å². The van der Waals surface area contributed by atoms with Crippen LogP contribution in [0.4, 0.5) is 0 Å². The number of nitrogens with one attached hydrogen (secondary N) is 1. The molecular weight excluding hydrogens is 330 g/mol. The van der Waals surface area contributed by atoms with Crippen LogP contribution in [0.3, 0.4) is 0 Å². The lowest BCUT2D eigenvalue weighted by atomic mass is 10.2. The number of benzene rings is 2. The zero-order valence-corrected chi connectivity index (χ0v) is 14.4. The van der Waals surface area contributed by atoms with E-state index in [0.29, 0.717) is 29.3 Å². The van der Waals surface area contributed by atoms with Crippen LogP contribution in [0.5, 0.6) is 5.75 Å². The van der Waals surface area contributed by atoms with Gasteiger partial charge >= 0.3 is 0 Å². The van der Waals surface area contributed by atoms with Gasteiger partial charge in [0, 0.05) is 11.6 Å². The maximum Gasteiger partial charge on any atom is 0.251 e. The molecule has 3 rings (SSSR count). The van der Waals surface area contributed by atoms with Gasteiger partial charge in [0.15, 0.2) is 5.76 Å². The van der Waals surface area contributed by atoms with Crippen molar-refractivity contribution >= 4 is 12.1 Å². The van der Waals surface area contributed by atoms with Gasteiger partial charge in [0.2, 0.25) is 0 Å². The van der Waals surface area contributed by atoms with E-state index < -0.39 is 0 Å². The monoisotopic (exact) mass is 349 g/mol. The van der Waals surface area contributed by atoms with E-state index in [0.717, 1.165) is 5.56 Å². The molecule has 0 radical (unpaired) electrons. The molecule has 0 saturated heterocycles. The van der Waals surface area contributed by atoms with Crippen LogP contribution in [0.25, 0.3) is 0 Å². The summed E-state index contributed by atoms with van der Waals surface area (Å²) in [5, 5.41) is 6.72. The lowest BCUT2D eigenvalue weighted by molar-refractivity contribution is 0.0947. The van der Waals surface area contributed by atoms with Crippen LogP contribution in [0.1, 0.15) is 27.4 Å². The summed E-state index contributed by atoms with van der Waals surface area (Å²) in [7, 11) is 1.58. The molecule has 1 aromatic heterocycles. The molecule has 0 spiro atoms. The Morgan fingerprint density at radius 1 is 1.19 bits per heavy atom. The van der Waals surface area contributed by atoms with Crippen molar-refractivity contribution < 1.29 is 14.1 Å². The molecule has 0 atom stereocenters. The van der Waals surface area contributed by atoms with Crippen LogP contribution in [-0.2, 0) is 13.1 Å². The first-order valence-corrected chi connectivity index (χ1v) is 8.16. The Morgan fingerprint density at radius 2 is 1.96 bits per heavy atom. The number of nitrogens with zero attached hydrogens (tertiary/aromatic N) is 2. The first-order valence-electron chi connectivity index (χ1n) is 8.16. The van der Waals surface area contributed by atoms with Gasteiger partial charge in [-0.1, -0.05) is 35.5 Å². The van der Waals surface area contributed by atoms with Gasteiger partial charge in [0.1, 0.15) is 11.4 Å². The van der Waals surface area contributed by atoms with E-state index in [9.17, 15) is 4.79 Å². The molecule has 0 aliphatic heterocycles. The lowest BCUT2D eigenvalue weighted by Gasteiger charge is -2.04. The molecule has 26 heavy (non-hydrogen) atoms. The van der Waals surface area contributed by atoms with Gasteiger partial charge in [-0.2, -0.15) is 0 Å². The predicted octanol–water partition coefficient (Wildman–Crippen LogP) is 3.23. The number of aliphatic imine (C=N–C) groups is 1. The number of hydrogen-bond acceptors (Lipinski definition) is 5. The molecule has 1 amide bonds. The second-order valence-corrected chi connectivity index (χ2v) is 5.58. The molecule has 0 aliphatic carbocycles. The molecular formula is C20H19N3O3. The number of hydrogen-bond donors (Lipinski definition) is 1. The molecule has 1 N–H and O–H groups in total. The zero-order chi connectivity index (χ0) is 18.2. The van der Waals surface area contributed by atoms with Crippen molar-refractivity contribution in [2.24, 2.45) is 4.99 Å². The van der Waals surface area contributed by atoms with E-state index in [4.69, 9.17) is 9.26 Å². The SMILES string of the molecule is COc1ccc(C(=O)NCc2cc(/C=N/Cc3ccccc3)no2)cc1. The fourth-order valence-electron chi connectivity index (χ4n) is 2.31. The third-order valence-electron chi connectivity index (χ3n) is 3.69. The fourth-order valence-corrected chi connectivity index (χ4v) is 2.31. The van der Waals surface area contributed by atoms with Gasteiger partial charge in [-0.05, 0) is 29.8 Å². The Hall–Kier alpha value is -3.41. The van der Waals surface area contributed by atoms with E-state index in [1.165, 1.54) is 0 Å². The molecule has 1 heterocycles. The van der Waals surface area contributed by atoms with Crippen LogP contribution in [0.15, 0.2) is 70.2 Å². The van der Waals surface area contributed by atoms with Crippen LogP contribution in [0.2, 0.25) is 0 Å². The van der Waals surface area contributed by atoms with E-state index in [-0.39, 0.29) is 12.5 Å². The summed E-state index contributed by atoms with van der Waals surface area (Å²) >= 11 is 0. The highest BCUT2D eigenvalue weighted by molar-refractivity contribution is 5.94. The number of carbonyl (C=O) groups is 1. The van der Waals surface area contributed by atoms with Crippen molar-refractivity contribution in [2.45, 2.75) is 13.1 Å². The molecule has 3 aromatic rings. The molecule has 0 saturated carbocycles. The molecule has 0 aliphatic rings. The van der Waals surface area contributed by atoms with Gasteiger partial charge in [0.25, 0.3) is 5.91 Å². The summed E-state index contributed by atoms with van der Waals surface area (Å²) in [6.45, 7) is 0.835. The number of amides is 1. The molecule has 6 nitrogen and oxygen atoms in total. The highest BCUT2D eigenvalue weighted by Gasteiger charge is 2.08. The Labute approximate surface area is 151 Å². The highest BCUT2D eigenvalue weighted by atomic mass is 16.5. The van der Waals surface area contributed by atoms with Gasteiger partial charge in [-0.15, -0.1) is 0 Å². The minimum absolute atomic E-state index is 0.191. The normalized spacial score (nSPS) is 10.8.